The summed E-state index contributed by atoms with van der Waals surface area (Å²) < 4.78 is 9.66. The molecular weight excluding hydrogens is 224 g/mol. The Balaban J connectivity index is 3.04. The van der Waals surface area contributed by atoms with Crippen LogP contribution >= 0.6 is 0 Å². The Morgan fingerprint density at radius 2 is 2.12 bits per heavy atom. The largest absolute Gasteiger partial charge is 0.504 e. The average molecular weight is 240 g/mol. The summed E-state index contributed by atoms with van der Waals surface area (Å²) in [7, 11) is 1.43. The summed E-state index contributed by atoms with van der Waals surface area (Å²) in [5.41, 5.74) is 0.907. The maximum Gasteiger partial charge on any atom is 0.339 e. The second-order valence-corrected chi connectivity index (χ2v) is 3.54. The Hall–Kier alpha value is -1.75. The van der Waals surface area contributed by atoms with E-state index >= 15 is 0 Å². The van der Waals surface area contributed by atoms with Gasteiger partial charge in [-0.3, -0.25) is 0 Å². The zero-order chi connectivity index (χ0) is 13.0. The van der Waals surface area contributed by atoms with Gasteiger partial charge in [0.25, 0.3) is 0 Å². The van der Waals surface area contributed by atoms with Gasteiger partial charge < -0.3 is 19.7 Å². The van der Waals surface area contributed by atoms with E-state index in [2.05, 4.69) is 0 Å². The molecule has 0 bridgehead atoms. The standard InChI is InChI=1S/C12H16O5/c1-4-17-12(15)10(14)8-5-7(2)11(16-3)9(13)6-8/h5-6,10,13-14H,4H2,1-3H3. The number of aliphatic hydroxyl groups is 1. The highest BCUT2D eigenvalue weighted by atomic mass is 16.5. The minimum Gasteiger partial charge on any atom is -0.504 e. The van der Waals surface area contributed by atoms with Crippen molar-refractivity contribution in [3.63, 3.8) is 0 Å². The van der Waals surface area contributed by atoms with E-state index in [1.54, 1.807) is 19.9 Å². The lowest BCUT2D eigenvalue weighted by molar-refractivity contribution is -0.153. The summed E-state index contributed by atoms with van der Waals surface area (Å²) in [6, 6.07) is 2.85. The summed E-state index contributed by atoms with van der Waals surface area (Å²) in [6.45, 7) is 3.55. The van der Waals surface area contributed by atoms with Crippen LogP contribution in [0.2, 0.25) is 0 Å². The van der Waals surface area contributed by atoms with Gasteiger partial charge in [0, 0.05) is 0 Å². The molecule has 0 aliphatic rings. The number of phenols is 1. The van der Waals surface area contributed by atoms with E-state index in [4.69, 9.17) is 9.47 Å². The highest BCUT2D eigenvalue weighted by Crippen LogP contribution is 2.33. The van der Waals surface area contributed by atoms with E-state index in [-0.39, 0.29) is 17.9 Å². The zero-order valence-electron chi connectivity index (χ0n) is 10.1. The predicted octanol–water partition coefficient (Wildman–Crippen LogP) is 1.31. The van der Waals surface area contributed by atoms with Crippen LogP contribution in [0.4, 0.5) is 0 Å². The maximum atomic E-state index is 11.3. The monoisotopic (exact) mass is 240 g/mol. The van der Waals surface area contributed by atoms with Gasteiger partial charge in [-0.05, 0) is 37.1 Å². The van der Waals surface area contributed by atoms with Crippen LogP contribution in [-0.2, 0) is 9.53 Å². The van der Waals surface area contributed by atoms with E-state index in [0.29, 0.717) is 11.3 Å². The molecule has 0 aliphatic heterocycles. The Morgan fingerprint density at radius 1 is 1.47 bits per heavy atom. The number of aliphatic hydroxyl groups excluding tert-OH is 1. The molecule has 1 atom stereocenters. The lowest BCUT2D eigenvalue weighted by atomic mass is 10.0. The Morgan fingerprint density at radius 3 is 2.59 bits per heavy atom. The van der Waals surface area contributed by atoms with Crippen molar-refractivity contribution in [2.24, 2.45) is 0 Å². The molecule has 94 valence electrons. The first-order valence-corrected chi connectivity index (χ1v) is 5.23. The normalized spacial score (nSPS) is 12.0. The van der Waals surface area contributed by atoms with E-state index in [1.807, 2.05) is 0 Å². The Bertz CT molecular complexity index is 390. The molecule has 0 amide bonds. The number of hydrogen-bond acceptors (Lipinski definition) is 5. The van der Waals surface area contributed by atoms with Gasteiger partial charge in [0.2, 0.25) is 0 Å². The van der Waals surface area contributed by atoms with Gasteiger partial charge in [0.05, 0.1) is 13.7 Å². The fourth-order valence-corrected chi connectivity index (χ4v) is 1.56. The van der Waals surface area contributed by atoms with Crippen molar-refractivity contribution in [2.75, 3.05) is 13.7 Å². The van der Waals surface area contributed by atoms with E-state index in [1.165, 1.54) is 13.2 Å². The third kappa shape index (κ3) is 2.88. The molecule has 0 radical (unpaired) electrons. The smallest absolute Gasteiger partial charge is 0.339 e. The van der Waals surface area contributed by atoms with Gasteiger partial charge in [-0.25, -0.2) is 4.79 Å². The second-order valence-electron chi connectivity index (χ2n) is 3.54. The molecule has 2 N–H and O–H groups in total. The molecule has 0 aromatic heterocycles. The van der Waals surface area contributed by atoms with Crippen LogP contribution in [0.1, 0.15) is 24.2 Å². The third-order valence-corrected chi connectivity index (χ3v) is 2.31. The van der Waals surface area contributed by atoms with Crippen LogP contribution in [0.25, 0.3) is 0 Å². The summed E-state index contributed by atoms with van der Waals surface area (Å²) in [5, 5.41) is 19.4. The van der Waals surface area contributed by atoms with Crippen molar-refractivity contribution in [1.29, 1.82) is 0 Å². The summed E-state index contributed by atoms with van der Waals surface area (Å²) in [4.78, 5) is 11.3. The van der Waals surface area contributed by atoms with Crippen molar-refractivity contribution >= 4 is 5.97 Å². The summed E-state index contributed by atoms with van der Waals surface area (Å²) in [5.74, 6) is -0.535. The quantitative estimate of drug-likeness (QED) is 0.776. The van der Waals surface area contributed by atoms with Crippen molar-refractivity contribution in [3.05, 3.63) is 23.3 Å². The van der Waals surface area contributed by atoms with Crippen LogP contribution in [0.5, 0.6) is 11.5 Å². The molecule has 0 saturated carbocycles. The number of aromatic hydroxyl groups is 1. The molecule has 0 fully saturated rings. The van der Waals surface area contributed by atoms with Crippen molar-refractivity contribution in [2.45, 2.75) is 20.0 Å². The lowest BCUT2D eigenvalue weighted by Crippen LogP contribution is -2.15. The highest BCUT2D eigenvalue weighted by Gasteiger charge is 2.21. The number of ether oxygens (including phenoxy) is 2. The molecule has 1 aromatic rings. The van der Waals surface area contributed by atoms with Crippen LogP contribution < -0.4 is 4.74 Å². The molecule has 17 heavy (non-hydrogen) atoms. The lowest BCUT2D eigenvalue weighted by Gasteiger charge is -2.13. The first-order chi connectivity index (χ1) is 8.01. The molecule has 1 aromatic carbocycles. The van der Waals surface area contributed by atoms with Crippen LogP contribution in [0.15, 0.2) is 12.1 Å². The Kier molecular flexibility index (Phi) is 4.34. The predicted molar refractivity (Wildman–Crippen MR) is 61.0 cm³/mol. The number of aryl methyl sites for hydroxylation is 1. The number of benzene rings is 1. The number of carbonyl (C=O) groups is 1. The molecule has 5 heteroatoms. The SMILES string of the molecule is CCOC(=O)C(O)c1cc(C)c(OC)c(O)c1. The molecule has 0 spiro atoms. The first-order valence-electron chi connectivity index (χ1n) is 5.23. The second kappa shape index (κ2) is 5.54. The topological polar surface area (TPSA) is 76.0 Å². The van der Waals surface area contributed by atoms with Crippen LogP contribution in [-0.4, -0.2) is 29.9 Å². The molecule has 0 heterocycles. The first kappa shape index (κ1) is 13.3. The van der Waals surface area contributed by atoms with Gasteiger partial charge in [0.15, 0.2) is 17.6 Å². The minimum atomic E-state index is -1.40. The van der Waals surface area contributed by atoms with Crippen LogP contribution in [0.3, 0.4) is 0 Å². The molecule has 1 unspecified atom stereocenters. The number of esters is 1. The molecule has 0 saturated heterocycles. The van der Waals surface area contributed by atoms with E-state index < -0.39 is 12.1 Å². The zero-order valence-corrected chi connectivity index (χ0v) is 10.1. The molecule has 0 aliphatic carbocycles. The molecule has 5 nitrogen and oxygen atoms in total. The fourth-order valence-electron chi connectivity index (χ4n) is 1.56. The van der Waals surface area contributed by atoms with E-state index in [0.717, 1.165) is 0 Å². The van der Waals surface area contributed by atoms with E-state index in [9.17, 15) is 15.0 Å². The van der Waals surface area contributed by atoms with Gasteiger partial charge in [-0.15, -0.1) is 0 Å². The third-order valence-electron chi connectivity index (χ3n) is 2.31. The van der Waals surface area contributed by atoms with Crippen molar-refractivity contribution in [3.8, 4) is 11.5 Å². The minimum absolute atomic E-state index is 0.120. The number of hydrogen-bond donors (Lipinski definition) is 2. The fraction of sp³-hybridized carbons (Fsp3) is 0.417. The summed E-state index contributed by atoms with van der Waals surface area (Å²) in [6.07, 6.45) is -1.40. The number of phenolic OH excluding ortho intramolecular Hbond substituents is 1. The van der Waals surface area contributed by atoms with Gasteiger partial charge in [-0.1, -0.05) is 0 Å². The number of carbonyl (C=O) groups excluding carboxylic acids is 1. The Labute approximate surface area is 99.6 Å². The highest BCUT2D eigenvalue weighted by molar-refractivity contribution is 5.76. The average Bonchev–Trinajstić information content (AvgIpc) is 2.27. The summed E-state index contributed by atoms with van der Waals surface area (Å²) >= 11 is 0. The maximum absolute atomic E-state index is 11.3. The van der Waals surface area contributed by atoms with Gasteiger partial charge in [0.1, 0.15) is 0 Å². The number of methoxy groups -OCH3 is 1. The van der Waals surface area contributed by atoms with Crippen molar-refractivity contribution < 1.29 is 24.5 Å². The van der Waals surface area contributed by atoms with Gasteiger partial charge >= 0.3 is 5.97 Å². The van der Waals surface area contributed by atoms with Crippen molar-refractivity contribution in [1.82, 2.24) is 0 Å². The number of rotatable bonds is 4. The molecule has 1 rings (SSSR count). The van der Waals surface area contributed by atoms with Gasteiger partial charge in [-0.2, -0.15) is 0 Å². The molecular formula is C12H16O5. The van der Waals surface area contributed by atoms with Crippen LogP contribution in [0, 0.1) is 6.92 Å².